The van der Waals surface area contributed by atoms with Crippen LogP contribution in [0.4, 0.5) is 0 Å². The highest BCUT2D eigenvalue weighted by Gasteiger charge is 2.28. The molecule has 0 saturated carbocycles. The molecule has 0 aliphatic carbocycles. The van der Waals surface area contributed by atoms with Gasteiger partial charge in [0.05, 0.1) is 24.9 Å². The molecule has 1 saturated heterocycles. The minimum atomic E-state index is -0.0734. The van der Waals surface area contributed by atoms with Crippen LogP contribution in [0.3, 0.4) is 0 Å². The van der Waals surface area contributed by atoms with E-state index in [1.54, 1.807) is 18.0 Å². The Balaban J connectivity index is 1.61. The summed E-state index contributed by atoms with van der Waals surface area (Å²) in [6.07, 6.45) is 1.79. The number of piperazine rings is 1. The second-order valence-corrected chi connectivity index (χ2v) is 7.89. The average molecular weight is 448 g/mol. The van der Waals surface area contributed by atoms with Gasteiger partial charge in [0.1, 0.15) is 11.4 Å². The second kappa shape index (κ2) is 10.3. The fraction of sp³-hybridized carbons (Fsp3) is 0.320. The molecule has 2 aromatic carbocycles. The van der Waals surface area contributed by atoms with Crippen molar-refractivity contribution in [2.24, 2.45) is 0 Å². The number of nitrogens with one attached hydrogen (secondary N) is 1. The lowest BCUT2D eigenvalue weighted by atomic mass is 10.1. The van der Waals surface area contributed by atoms with Crippen molar-refractivity contribution in [1.29, 1.82) is 0 Å². The van der Waals surface area contributed by atoms with E-state index in [-0.39, 0.29) is 11.8 Å². The molecule has 1 fully saturated rings. The average Bonchev–Trinajstić information content (AvgIpc) is 3.30. The van der Waals surface area contributed by atoms with E-state index >= 15 is 0 Å². The normalized spacial score (nSPS) is 14.2. The third-order valence-corrected chi connectivity index (χ3v) is 5.73. The zero-order valence-electron chi connectivity index (χ0n) is 19.0. The lowest BCUT2D eigenvalue weighted by Crippen LogP contribution is -2.51. The topological polar surface area (TPSA) is 79.7 Å². The lowest BCUT2D eigenvalue weighted by Gasteiger charge is -2.34. The number of hydrogen-bond donors (Lipinski definition) is 1. The van der Waals surface area contributed by atoms with Crippen molar-refractivity contribution >= 4 is 11.8 Å². The summed E-state index contributed by atoms with van der Waals surface area (Å²) in [5.41, 5.74) is 2.76. The molecule has 2 amide bonds. The number of ether oxygens (including phenoxy) is 1. The Bertz CT molecular complexity index is 1100. The molecule has 4 rings (SSSR count). The number of nitrogens with zero attached hydrogens (tertiary/aromatic N) is 4. The summed E-state index contributed by atoms with van der Waals surface area (Å²) in [6.45, 7) is 5.30. The van der Waals surface area contributed by atoms with Crippen molar-refractivity contribution < 1.29 is 14.3 Å². The van der Waals surface area contributed by atoms with E-state index in [4.69, 9.17) is 9.84 Å². The number of likely N-dealkylation sites (N-methyl/N-ethyl adjacent to an activating group) is 1. The van der Waals surface area contributed by atoms with E-state index in [2.05, 4.69) is 10.2 Å². The third-order valence-electron chi connectivity index (χ3n) is 5.73. The predicted molar refractivity (Wildman–Crippen MR) is 127 cm³/mol. The summed E-state index contributed by atoms with van der Waals surface area (Å²) in [6, 6.07) is 17.3. The minimum absolute atomic E-state index is 0.0138. The highest BCUT2D eigenvalue weighted by Crippen LogP contribution is 2.32. The van der Waals surface area contributed by atoms with Gasteiger partial charge < -0.3 is 15.0 Å². The first-order valence-corrected chi connectivity index (χ1v) is 11.2. The van der Waals surface area contributed by atoms with Crippen LogP contribution in [0, 0.1) is 0 Å². The largest absolute Gasteiger partial charge is 0.496 e. The Morgan fingerprint density at radius 3 is 2.39 bits per heavy atom. The first-order valence-electron chi connectivity index (χ1n) is 11.2. The van der Waals surface area contributed by atoms with E-state index in [1.807, 2.05) is 66.4 Å². The molecule has 3 aromatic rings. The van der Waals surface area contributed by atoms with Crippen molar-refractivity contribution in [1.82, 2.24) is 24.9 Å². The van der Waals surface area contributed by atoms with E-state index in [0.717, 1.165) is 11.3 Å². The van der Waals surface area contributed by atoms with E-state index in [9.17, 15) is 9.59 Å². The number of carbonyl (C=O) groups is 2. The van der Waals surface area contributed by atoms with Crippen molar-refractivity contribution in [2.45, 2.75) is 6.92 Å². The standard InChI is InChI=1S/C25H29N5O3/c1-3-26-23(31)18-28-13-15-29(16-14-28)25(32)21-17-30(19-9-5-4-6-10-19)27-24(21)20-11-7-8-12-22(20)33-2/h4-12,17H,3,13-16,18H2,1-2H3,(H,26,31). The Hall–Kier alpha value is -3.65. The molecule has 8 nitrogen and oxygen atoms in total. The monoisotopic (exact) mass is 447 g/mol. The highest BCUT2D eigenvalue weighted by atomic mass is 16.5. The Morgan fingerprint density at radius 2 is 1.70 bits per heavy atom. The predicted octanol–water partition coefficient (Wildman–Crippen LogP) is 2.44. The van der Waals surface area contributed by atoms with Crippen molar-refractivity contribution in [3.63, 3.8) is 0 Å². The SMILES string of the molecule is CCNC(=O)CN1CCN(C(=O)c2cn(-c3ccccc3)nc2-c2ccccc2OC)CC1. The quantitative estimate of drug-likeness (QED) is 0.602. The molecule has 1 aromatic heterocycles. The van der Waals surface area contributed by atoms with E-state index in [1.165, 1.54) is 0 Å². The molecule has 0 bridgehead atoms. The van der Waals surface area contributed by atoms with E-state index < -0.39 is 0 Å². The molecule has 1 aliphatic heterocycles. The Labute approximate surface area is 193 Å². The molecule has 0 spiro atoms. The summed E-state index contributed by atoms with van der Waals surface area (Å²) >= 11 is 0. The Morgan fingerprint density at radius 1 is 1.00 bits per heavy atom. The van der Waals surface area contributed by atoms with Crippen molar-refractivity contribution in [2.75, 3.05) is 46.4 Å². The summed E-state index contributed by atoms with van der Waals surface area (Å²) in [5.74, 6) is 0.604. The molecule has 33 heavy (non-hydrogen) atoms. The maximum absolute atomic E-state index is 13.6. The maximum Gasteiger partial charge on any atom is 0.257 e. The number of para-hydroxylation sites is 2. The van der Waals surface area contributed by atoms with Crippen molar-refractivity contribution in [3.05, 3.63) is 66.4 Å². The van der Waals surface area contributed by atoms with Gasteiger partial charge in [0.2, 0.25) is 5.91 Å². The van der Waals surface area contributed by atoms with Crippen LogP contribution in [0.15, 0.2) is 60.8 Å². The first kappa shape index (κ1) is 22.5. The van der Waals surface area contributed by atoms with E-state index in [0.29, 0.717) is 56.3 Å². The zero-order valence-corrected chi connectivity index (χ0v) is 19.0. The molecule has 0 radical (unpaired) electrons. The van der Waals surface area contributed by atoms with Crippen LogP contribution in [0.2, 0.25) is 0 Å². The zero-order chi connectivity index (χ0) is 23.2. The van der Waals surface area contributed by atoms with Crippen LogP contribution in [0.1, 0.15) is 17.3 Å². The summed E-state index contributed by atoms with van der Waals surface area (Å²) in [5, 5.41) is 7.60. The summed E-state index contributed by atoms with van der Waals surface area (Å²) in [7, 11) is 1.61. The van der Waals surface area contributed by atoms with Crippen LogP contribution >= 0.6 is 0 Å². The fourth-order valence-corrected chi connectivity index (χ4v) is 4.02. The molecule has 0 unspecified atom stereocenters. The molecule has 8 heteroatoms. The molecule has 1 aliphatic rings. The van der Waals surface area contributed by atoms with Gasteiger partial charge in [0, 0.05) is 44.5 Å². The number of amides is 2. The number of carbonyl (C=O) groups excluding carboxylic acids is 2. The van der Waals surface area contributed by atoms with Crippen LogP contribution in [0.5, 0.6) is 5.75 Å². The van der Waals surface area contributed by atoms with Crippen LogP contribution in [-0.2, 0) is 4.79 Å². The number of methoxy groups -OCH3 is 1. The highest BCUT2D eigenvalue weighted by molar-refractivity contribution is 6.00. The maximum atomic E-state index is 13.6. The number of hydrogen-bond acceptors (Lipinski definition) is 5. The first-order chi connectivity index (χ1) is 16.1. The van der Waals surface area contributed by atoms with Gasteiger partial charge >= 0.3 is 0 Å². The number of aromatic nitrogens is 2. The fourth-order valence-electron chi connectivity index (χ4n) is 4.02. The number of benzene rings is 2. The van der Waals surface area contributed by atoms with Gasteiger partial charge in [-0.05, 0) is 31.2 Å². The summed E-state index contributed by atoms with van der Waals surface area (Å²) < 4.78 is 7.28. The van der Waals surface area contributed by atoms with Crippen LogP contribution in [-0.4, -0.2) is 77.8 Å². The molecule has 2 heterocycles. The smallest absolute Gasteiger partial charge is 0.257 e. The molecular formula is C25H29N5O3. The Kier molecular flexibility index (Phi) is 7.04. The third kappa shape index (κ3) is 5.06. The van der Waals surface area contributed by atoms with Gasteiger partial charge in [0.15, 0.2) is 0 Å². The lowest BCUT2D eigenvalue weighted by molar-refractivity contribution is -0.122. The number of rotatable bonds is 7. The molecule has 0 atom stereocenters. The summed E-state index contributed by atoms with van der Waals surface area (Å²) in [4.78, 5) is 29.4. The molecule has 1 N–H and O–H groups in total. The second-order valence-electron chi connectivity index (χ2n) is 7.89. The minimum Gasteiger partial charge on any atom is -0.496 e. The van der Waals surface area contributed by atoms with Gasteiger partial charge in [-0.3, -0.25) is 14.5 Å². The van der Waals surface area contributed by atoms with Gasteiger partial charge in [0.25, 0.3) is 5.91 Å². The van der Waals surface area contributed by atoms with Crippen molar-refractivity contribution in [3.8, 4) is 22.7 Å². The van der Waals surface area contributed by atoms with Gasteiger partial charge in [-0.2, -0.15) is 5.10 Å². The van der Waals surface area contributed by atoms with Gasteiger partial charge in [-0.1, -0.05) is 30.3 Å². The van der Waals surface area contributed by atoms with Gasteiger partial charge in [-0.15, -0.1) is 0 Å². The van der Waals surface area contributed by atoms with Crippen LogP contribution in [0.25, 0.3) is 16.9 Å². The molecular weight excluding hydrogens is 418 g/mol. The van der Waals surface area contributed by atoms with Gasteiger partial charge in [-0.25, -0.2) is 4.68 Å². The van der Waals surface area contributed by atoms with Crippen LogP contribution < -0.4 is 10.1 Å². The molecule has 172 valence electrons.